The predicted molar refractivity (Wildman–Crippen MR) is 113 cm³/mol. The van der Waals surface area contributed by atoms with Crippen molar-refractivity contribution >= 4 is 29.2 Å². The van der Waals surface area contributed by atoms with Gasteiger partial charge in [0.25, 0.3) is 5.56 Å². The molecule has 1 aliphatic rings. The van der Waals surface area contributed by atoms with Crippen molar-refractivity contribution in [1.82, 2.24) is 15.0 Å². The third kappa shape index (κ3) is 4.86. The van der Waals surface area contributed by atoms with Crippen LogP contribution in [0.25, 0.3) is 0 Å². The minimum Gasteiger partial charge on any atom is -0.494 e. The Hall–Kier alpha value is -2.94. The molecule has 0 aliphatic heterocycles. The van der Waals surface area contributed by atoms with E-state index in [4.69, 9.17) is 12.2 Å². The van der Waals surface area contributed by atoms with E-state index < -0.39 is 11.2 Å². The van der Waals surface area contributed by atoms with Crippen molar-refractivity contribution in [1.29, 1.82) is 0 Å². The third-order valence-electron chi connectivity index (χ3n) is 4.73. The second-order valence-corrected chi connectivity index (χ2v) is 7.11. The van der Waals surface area contributed by atoms with Crippen molar-refractivity contribution in [2.24, 2.45) is 5.10 Å². The molecule has 0 saturated heterocycles. The number of rotatable bonds is 4. The number of nitrogens with zero attached hydrogens (tertiary/aromatic N) is 2. The first-order valence-electron chi connectivity index (χ1n) is 9.29. The molecule has 0 amide bonds. The highest BCUT2D eigenvalue weighted by Gasteiger charge is 2.21. The van der Waals surface area contributed by atoms with Crippen molar-refractivity contribution in [3.05, 3.63) is 56.7 Å². The molecule has 1 fully saturated rings. The molecule has 0 unspecified atom stereocenters. The Labute approximate surface area is 167 Å². The van der Waals surface area contributed by atoms with E-state index in [1.807, 2.05) is 30.3 Å². The Morgan fingerprint density at radius 2 is 1.86 bits per heavy atom. The van der Waals surface area contributed by atoms with Gasteiger partial charge in [-0.15, -0.1) is 0 Å². The van der Waals surface area contributed by atoms with Gasteiger partial charge in [-0.25, -0.2) is 4.79 Å². The van der Waals surface area contributed by atoms with E-state index >= 15 is 0 Å². The molecule has 8 nitrogen and oxygen atoms in total. The van der Waals surface area contributed by atoms with Crippen LogP contribution in [0.3, 0.4) is 0 Å². The van der Waals surface area contributed by atoms with Crippen LogP contribution >= 0.6 is 12.2 Å². The Morgan fingerprint density at radius 1 is 1.18 bits per heavy atom. The molecular formula is C19H23N5O3S. The summed E-state index contributed by atoms with van der Waals surface area (Å²) in [5.74, 6) is -0.367. The fourth-order valence-corrected chi connectivity index (χ4v) is 3.53. The van der Waals surface area contributed by atoms with Crippen LogP contribution in [-0.4, -0.2) is 26.0 Å². The molecule has 1 aliphatic carbocycles. The molecule has 28 heavy (non-hydrogen) atoms. The molecule has 1 heterocycles. The van der Waals surface area contributed by atoms with E-state index in [2.05, 4.69) is 20.8 Å². The fourth-order valence-electron chi connectivity index (χ4n) is 3.36. The van der Waals surface area contributed by atoms with Crippen LogP contribution in [0, 0.1) is 0 Å². The molecule has 0 radical (unpaired) electrons. The van der Waals surface area contributed by atoms with Crippen molar-refractivity contribution in [3.63, 3.8) is 0 Å². The summed E-state index contributed by atoms with van der Waals surface area (Å²) in [6, 6.07) is 9.17. The summed E-state index contributed by atoms with van der Waals surface area (Å²) in [7, 11) is 0. The lowest BCUT2D eigenvalue weighted by Crippen LogP contribution is -2.34. The lowest BCUT2D eigenvalue weighted by Gasteiger charge is -2.19. The fraction of sp³-hybridized carbons (Fsp3) is 0.368. The van der Waals surface area contributed by atoms with Gasteiger partial charge in [-0.05, 0) is 37.2 Å². The van der Waals surface area contributed by atoms with Crippen LogP contribution in [0.15, 0.2) is 45.0 Å². The number of benzene rings is 1. The lowest BCUT2D eigenvalue weighted by molar-refractivity contribution is 0.339. The number of hydrogen-bond donors (Lipinski definition) is 4. The lowest BCUT2D eigenvalue weighted by atomic mass is 10.1. The summed E-state index contributed by atoms with van der Waals surface area (Å²) in [6.45, 7) is 0. The minimum atomic E-state index is -0.695. The van der Waals surface area contributed by atoms with Crippen molar-refractivity contribution < 1.29 is 5.11 Å². The van der Waals surface area contributed by atoms with E-state index in [9.17, 15) is 14.7 Å². The SMILES string of the molecule is O=c1[nH]c(=O)n(C2CCCCCC2)c(O)c1/C=N/NC(=S)Nc1ccccc1. The number of nitrogens with one attached hydrogen (secondary N) is 3. The van der Waals surface area contributed by atoms with Crippen molar-refractivity contribution in [2.45, 2.75) is 44.6 Å². The van der Waals surface area contributed by atoms with E-state index in [0.717, 1.165) is 44.2 Å². The molecule has 0 atom stereocenters. The summed E-state index contributed by atoms with van der Waals surface area (Å²) < 4.78 is 1.27. The van der Waals surface area contributed by atoms with E-state index in [1.165, 1.54) is 10.8 Å². The average molecular weight is 401 g/mol. The topological polar surface area (TPSA) is 112 Å². The van der Waals surface area contributed by atoms with Crippen LogP contribution in [0.4, 0.5) is 5.69 Å². The van der Waals surface area contributed by atoms with Crippen LogP contribution in [0.2, 0.25) is 0 Å². The maximum atomic E-state index is 12.3. The molecule has 4 N–H and O–H groups in total. The molecule has 1 aromatic carbocycles. The number of aromatic amines is 1. The monoisotopic (exact) mass is 401 g/mol. The largest absolute Gasteiger partial charge is 0.494 e. The van der Waals surface area contributed by atoms with Crippen LogP contribution < -0.4 is 22.0 Å². The number of hydrazone groups is 1. The highest BCUT2D eigenvalue weighted by atomic mass is 32.1. The summed E-state index contributed by atoms with van der Waals surface area (Å²) >= 11 is 5.14. The molecule has 1 saturated carbocycles. The maximum Gasteiger partial charge on any atom is 0.331 e. The van der Waals surface area contributed by atoms with Gasteiger partial charge in [0, 0.05) is 11.7 Å². The molecule has 2 aromatic rings. The zero-order valence-corrected chi connectivity index (χ0v) is 16.2. The quantitative estimate of drug-likeness (QED) is 0.271. The van der Waals surface area contributed by atoms with Gasteiger partial charge in [0.1, 0.15) is 5.56 Å². The van der Waals surface area contributed by atoms with E-state index in [0.29, 0.717) is 0 Å². The smallest absolute Gasteiger partial charge is 0.331 e. The average Bonchev–Trinajstić information content (AvgIpc) is 2.94. The number of para-hydroxylation sites is 1. The number of H-pyrrole nitrogens is 1. The summed E-state index contributed by atoms with van der Waals surface area (Å²) in [5, 5.41) is 17.7. The van der Waals surface area contributed by atoms with Crippen molar-refractivity contribution in [2.75, 3.05) is 5.32 Å². The van der Waals surface area contributed by atoms with Gasteiger partial charge >= 0.3 is 5.69 Å². The number of aromatic hydroxyl groups is 1. The Kier molecular flexibility index (Phi) is 6.59. The second kappa shape index (κ2) is 9.32. The normalized spacial score (nSPS) is 15.3. The molecule has 9 heteroatoms. The predicted octanol–water partition coefficient (Wildman–Crippen LogP) is 2.46. The third-order valence-corrected chi connectivity index (χ3v) is 4.93. The molecule has 0 spiro atoms. The second-order valence-electron chi connectivity index (χ2n) is 6.70. The number of aromatic nitrogens is 2. The van der Waals surface area contributed by atoms with Gasteiger partial charge in [0.15, 0.2) is 5.11 Å². The number of hydrogen-bond acceptors (Lipinski definition) is 5. The molecule has 3 rings (SSSR count). The number of thiocarbonyl (C=S) groups is 1. The first-order chi connectivity index (χ1) is 13.6. The van der Waals surface area contributed by atoms with Crippen LogP contribution in [0.5, 0.6) is 5.88 Å². The highest BCUT2D eigenvalue weighted by Crippen LogP contribution is 2.28. The summed E-state index contributed by atoms with van der Waals surface area (Å²) in [6.07, 6.45) is 6.94. The van der Waals surface area contributed by atoms with Crippen LogP contribution in [0.1, 0.15) is 50.1 Å². The van der Waals surface area contributed by atoms with E-state index in [-0.39, 0.29) is 22.6 Å². The van der Waals surface area contributed by atoms with Gasteiger partial charge in [0.2, 0.25) is 5.88 Å². The molecule has 1 aromatic heterocycles. The molecule has 148 valence electrons. The van der Waals surface area contributed by atoms with Gasteiger partial charge in [-0.1, -0.05) is 43.9 Å². The maximum absolute atomic E-state index is 12.3. The van der Waals surface area contributed by atoms with Gasteiger partial charge in [-0.3, -0.25) is 19.8 Å². The Balaban J connectivity index is 1.76. The van der Waals surface area contributed by atoms with Gasteiger partial charge in [0.05, 0.1) is 6.21 Å². The Bertz CT molecular complexity index is 960. The summed E-state index contributed by atoms with van der Waals surface area (Å²) in [5.41, 5.74) is 2.01. The molecular weight excluding hydrogens is 378 g/mol. The zero-order chi connectivity index (χ0) is 19.9. The minimum absolute atomic E-state index is 0.0844. The first kappa shape index (κ1) is 19.8. The highest BCUT2D eigenvalue weighted by molar-refractivity contribution is 7.80. The first-order valence-corrected chi connectivity index (χ1v) is 9.70. The van der Waals surface area contributed by atoms with Crippen molar-refractivity contribution in [3.8, 4) is 5.88 Å². The Morgan fingerprint density at radius 3 is 2.54 bits per heavy atom. The van der Waals surface area contributed by atoms with E-state index in [1.54, 1.807) is 0 Å². The van der Waals surface area contributed by atoms with Gasteiger partial charge < -0.3 is 10.4 Å². The van der Waals surface area contributed by atoms with Gasteiger partial charge in [-0.2, -0.15) is 5.10 Å². The zero-order valence-electron chi connectivity index (χ0n) is 15.4. The number of anilines is 1. The van der Waals surface area contributed by atoms with Crippen LogP contribution in [-0.2, 0) is 0 Å². The molecule has 0 bridgehead atoms. The summed E-state index contributed by atoms with van der Waals surface area (Å²) in [4.78, 5) is 26.7. The standard InChI is InChI=1S/C19H23N5O3S/c25-16-15(12-20-23-18(28)21-13-8-4-3-5-9-13)17(26)24(19(27)22-16)14-10-6-1-2-7-11-14/h3-5,8-9,12,14,26H,1-2,6-7,10-11H2,(H2,21,23,28)(H,22,25,27)/b20-12+.